The van der Waals surface area contributed by atoms with Gasteiger partial charge in [-0.2, -0.15) is 0 Å². The lowest BCUT2D eigenvalue weighted by molar-refractivity contribution is 0.254. The van der Waals surface area contributed by atoms with Crippen molar-refractivity contribution in [3.05, 3.63) is 22.7 Å². The molecule has 1 aliphatic rings. The van der Waals surface area contributed by atoms with Gasteiger partial charge in [-0.25, -0.2) is 0 Å². The standard InChI is InChI=1S/C10H15BrO/c1-2-10(12)8-6-4-3-5-7-9(8)11/h2,10,12H,1,3-7H2. The quantitative estimate of drug-likeness (QED) is 0.724. The molecule has 0 aliphatic heterocycles. The average molecular weight is 231 g/mol. The zero-order chi connectivity index (χ0) is 8.97. The van der Waals surface area contributed by atoms with Crippen LogP contribution in [0.3, 0.4) is 0 Å². The van der Waals surface area contributed by atoms with Crippen molar-refractivity contribution in [1.29, 1.82) is 0 Å². The number of rotatable bonds is 2. The van der Waals surface area contributed by atoms with Gasteiger partial charge >= 0.3 is 0 Å². The summed E-state index contributed by atoms with van der Waals surface area (Å²) in [6.07, 6.45) is 6.92. The van der Waals surface area contributed by atoms with E-state index in [0.29, 0.717) is 0 Å². The Labute approximate surface area is 82.3 Å². The summed E-state index contributed by atoms with van der Waals surface area (Å²) in [5.41, 5.74) is 1.13. The Balaban J connectivity index is 2.73. The van der Waals surface area contributed by atoms with E-state index in [2.05, 4.69) is 22.5 Å². The van der Waals surface area contributed by atoms with Crippen molar-refractivity contribution in [3.63, 3.8) is 0 Å². The molecule has 0 aromatic carbocycles. The van der Waals surface area contributed by atoms with Gasteiger partial charge in [0.2, 0.25) is 0 Å². The van der Waals surface area contributed by atoms with Crippen LogP contribution in [0.25, 0.3) is 0 Å². The van der Waals surface area contributed by atoms with Crippen molar-refractivity contribution >= 4 is 15.9 Å². The summed E-state index contributed by atoms with van der Waals surface area (Å²) in [6.45, 7) is 3.60. The number of aliphatic hydroxyl groups excluding tert-OH is 1. The van der Waals surface area contributed by atoms with E-state index in [1.165, 1.54) is 23.7 Å². The Morgan fingerprint density at radius 1 is 1.33 bits per heavy atom. The van der Waals surface area contributed by atoms with Gasteiger partial charge < -0.3 is 5.11 Å². The molecule has 0 heterocycles. The zero-order valence-electron chi connectivity index (χ0n) is 7.22. The second-order valence-electron chi connectivity index (χ2n) is 3.17. The molecule has 12 heavy (non-hydrogen) atoms. The summed E-state index contributed by atoms with van der Waals surface area (Å²) < 4.78 is 1.19. The SMILES string of the molecule is C=CC(O)C1=C(Br)CCCCC1. The lowest BCUT2D eigenvalue weighted by Gasteiger charge is -2.11. The molecule has 1 aliphatic carbocycles. The monoisotopic (exact) mass is 230 g/mol. The molecule has 0 fully saturated rings. The van der Waals surface area contributed by atoms with Crippen LogP contribution in [-0.2, 0) is 0 Å². The summed E-state index contributed by atoms with van der Waals surface area (Å²) in [7, 11) is 0. The first-order valence-corrected chi connectivity index (χ1v) is 5.23. The molecule has 0 aromatic rings. The first-order chi connectivity index (χ1) is 5.75. The molecular weight excluding hydrogens is 216 g/mol. The second-order valence-corrected chi connectivity index (χ2v) is 4.13. The Hall–Kier alpha value is -0.0800. The molecule has 0 aromatic heterocycles. The first-order valence-electron chi connectivity index (χ1n) is 4.43. The lowest BCUT2D eigenvalue weighted by Crippen LogP contribution is -2.06. The molecule has 1 nitrogen and oxygen atoms in total. The van der Waals surface area contributed by atoms with Gasteiger partial charge in [-0.1, -0.05) is 28.4 Å². The van der Waals surface area contributed by atoms with Crippen LogP contribution in [0.4, 0.5) is 0 Å². The van der Waals surface area contributed by atoms with Gasteiger partial charge in [0.05, 0.1) is 6.10 Å². The Bertz CT molecular complexity index is 196. The third kappa shape index (κ3) is 2.46. The molecule has 1 atom stereocenters. The number of hydrogen-bond donors (Lipinski definition) is 1. The minimum absolute atomic E-state index is 0.447. The predicted molar refractivity (Wildman–Crippen MR) is 55.2 cm³/mol. The Morgan fingerprint density at radius 3 is 2.67 bits per heavy atom. The fraction of sp³-hybridized carbons (Fsp3) is 0.600. The van der Waals surface area contributed by atoms with Crippen LogP contribution in [0.15, 0.2) is 22.7 Å². The Kier molecular flexibility index (Phi) is 4.02. The van der Waals surface area contributed by atoms with E-state index in [1.54, 1.807) is 6.08 Å². The van der Waals surface area contributed by atoms with E-state index in [-0.39, 0.29) is 0 Å². The molecule has 0 saturated carbocycles. The first kappa shape index (κ1) is 10.0. The summed E-state index contributed by atoms with van der Waals surface area (Å²) >= 11 is 3.52. The van der Waals surface area contributed by atoms with E-state index in [1.807, 2.05) is 0 Å². The molecule has 1 rings (SSSR count). The Morgan fingerprint density at radius 2 is 2.00 bits per heavy atom. The fourth-order valence-corrected chi connectivity index (χ4v) is 2.23. The van der Waals surface area contributed by atoms with Gasteiger partial charge in [0.1, 0.15) is 0 Å². The van der Waals surface area contributed by atoms with Gasteiger partial charge in [-0.15, -0.1) is 6.58 Å². The van der Waals surface area contributed by atoms with Crippen LogP contribution < -0.4 is 0 Å². The van der Waals surface area contributed by atoms with Crippen molar-refractivity contribution in [2.45, 2.75) is 38.2 Å². The molecular formula is C10H15BrO. The molecule has 1 N–H and O–H groups in total. The van der Waals surface area contributed by atoms with Crippen LogP contribution in [0.5, 0.6) is 0 Å². The van der Waals surface area contributed by atoms with E-state index in [4.69, 9.17) is 0 Å². The van der Waals surface area contributed by atoms with Crippen molar-refractivity contribution in [3.8, 4) is 0 Å². The van der Waals surface area contributed by atoms with Crippen LogP contribution in [0.1, 0.15) is 32.1 Å². The molecule has 0 amide bonds. The van der Waals surface area contributed by atoms with Gasteiger partial charge in [0.25, 0.3) is 0 Å². The maximum Gasteiger partial charge on any atom is 0.0939 e. The van der Waals surface area contributed by atoms with Crippen molar-refractivity contribution in [2.75, 3.05) is 0 Å². The number of allylic oxidation sites excluding steroid dienone is 1. The van der Waals surface area contributed by atoms with Crippen molar-refractivity contribution < 1.29 is 5.11 Å². The summed E-state index contributed by atoms with van der Waals surface area (Å²) in [6, 6.07) is 0. The number of aliphatic hydroxyl groups is 1. The van der Waals surface area contributed by atoms with Crippen LogP contribution in [0, 0.1) is 0 Å². The third-order valence-electron chi connectivity index (χ3n) is 2.27. The van der Waals surface area contributed by atoms with Gasteiger partial charge in [0.15, 0.2) is 0 Å². The minimum Gasteiger partial charge on any atom is -0.385 e. The molecule has 0 bridgehead atoms. The lowest BCUT2D eigenvalue weighted by atomic mass is 10.1. The van der Waals surface area contributed by atoms with Gasteiger partial charge in [0, 0.05) is 0 Å². The largest absolute Gasteiger partial charge is 0.385 e. The second kappa shape index (κ2) is 4.83. The smallest absolute Gasteiger partial charge is 0.0939 e. The van der Waals surface area contributed by atoms with Crippen molar-refractivity contribution in [2.24, 2.45) is 0 Å². The molecule has 68 valence electrons. The van der Waals surface area contributed by atoms with Gasteiger partial charge in [-0.3, -0.25) is 0 Å². The van der Waals surface area contributed by atoms with E-state index >= 15 is 0 Å². The highest BCUT2D eigenvalue weighted by Gasteiger charge is 2.13. The summed E-state index contributed by atoms with van der Waals surface area (Å²) in [5, 5.41) is 9.57. The highest BCUT2D eigenvalue weighted by molar-refractivity contribution is 9.11. The van der Waals surface area contributed by atoms with E-state index in [0.717, 1.165) is 18.4 Å². The number of halogens is 1. The third-order valence-corrected chi connectivity index (χ3v) is 3.18. The highest BCUT2D eigenvalue weighted by Crippen LogP contribution is 2.29. The average Bonchev–Trinajstić information content (AvgIpc) is 2.28. The summed E-state index contributed by atoms with van der Waals surface area (Å²) in [4.78, 5) is 0. The fourth-order valence-electron chi connectivity index (χ4n) is 1.52. The molecule has 2 heteroatoms. The number of hydrogen-bond acceptors (Lipinski definition) is 1. The molecule has 1 unspecified atom stereocenters. The minimum atomic E-state index is -0.447. The highest BCUT2D eigenvalue weighted by atomic mass is 79.9. The molecule has 0 spiro atoms. The maximum absolute atomic E-state index is 9.57. The van der Waals surface area contributed by atoms with Crippen LogP contribution in [-0.4, -0.2) is 11.2 Å². The van der Waals surface area contributed by atoms with Crippen molar-refractivity contribution in [1.82, 2.24) is 0 Å². The normalized spacial score (nSPS) is 21.8. The zero-order valence-corrected chi connectivity index (χ0v) is 8.81. The van der Waals surface area contributed by atoms with E-state index < -0.39 is 6.10 Å². The molecule has 0 radical (unpaired) electrons. The van der Waals surface area contributed by atoms with Crippen LogP contribution >= 0.6 is 15.9 Å². The molecule has 0 saturated heterocycles. The maximum atomic E-state index is 9.57. The van der Waals surface area contributed by atoms with E-state index in [9.17, 15) is 5.11 Å². The summed E-state index contributed by atoms with van der Waals surface area (Å²) in [5.74, 6) is 0. The topological polar surface area (TPSA) is 20.2 Å². The van der Waals surface area contributed by atoms with Gasteiger partial charge in [-0.05, 0) is 35.7 Å². The van der Waals surface area contributed by atoms with Crippen LogP contribution in [0.2, 0.25) is 0 Å². The predicted octanol–water partition coefficient (Wildman–Crippen LogP) is 3.15.